The SMILES string of the molecule is O=C1NC(=S)N(c2ccc(Cl)cc2)C(=O)C1=Cc1ccc2oc(C(=O)c3ccc4c(c3)OCCO4)cc2c1. The Hall–Kier alpha value is -4.47. The molecule has 0 unspecified atom stereocenters. The summed E-state index contributed by atoms with van der Waals surface area (Å²) in [6, 6.07) is 18.2. The summed E-state index contributed by atoms with van der Waals surface area (Å²) in [5.41, 5.74) is 1.83. The molecule has 0 atom stereocenters. The number of carbonyl (C=O) groups is 3. The lowest BCUT2D eigenvalue weighted by Gasteiger charge is -2.28. The molecule has 1 saturated heterocycles. The van der Waals surface area contributed by atoms with Crippen molar-refractivity contribution < 1.29 is 28.3 Å². The van der Waals surface area contributed by atoms with E-state index >= 15 is 0 Å². The van der Waals surface area contributed by atoms with Crippen LogP contribution in [0.5, 0.6) is 11.5 Å². The molecule has 2 aliphatic heterocycles. The van der Waals surface area contributed by atoms with Gasteiger partial charge in [0, 0.05) is 16.0 Å². The Morgan fingerprint density at radius 1 is 0.947 bits per heavy atom. The molecule has 0 spiro atoms. The second-order valence-corrected chi connectivity index (χ2v) is 9.35. The quantitative estimate of drug-likeness (QED) is 0.168. The summed E-state index contributed by atoms with van der Waals surface area (Å²) in [6.45, 7) is 0.874. The van der Waals surface area contributed by atoms with Crippen molar-refractivity contribution in [3.8, 4) is 11.5 Å². The van der Waals surface area contributed by atoms with E-state index in [1.54, 1.807) is 66.7 Å². The number of hydrogen-bond acceptors (Lipinski definition) is 7. The number of rotatable bonds is 4. The van der Waals surface area contributed by atoms with Crippen LogP contribution in [0.4, 0.5) is 5.69 Å². The molecular formula is C28H17ClN2O6S. The number of halogens is 1. The molecule has 0 bridgehead atoms. The van der Waals surface area contributed by atoms with Crippen LogP contribution in [0.2, 0.25) is 5.02 Å². The second kappa shape index (κ2) is 9.44. The fourth-order valence-corrected chi connectivity index (χ4v) is 4.65. The Morgan fingerprint density at radius 2 is 1.71 bits per heavy atom. The molecule has 2 aliphatic rings. The van der Waals surface area contributed by atoms with Crippen molar-refractivity contribution >= 4 is 69.3 Å². The molecule has 6 rings (SSSR count). The number of thiocarbonyl (C=S) groups is 1. The van der Waals surface area contributed by atoms with Gasteiger partial charge in [-0.1, -0.05) is 17.7 Å². The number of hydrogen-bond donors (Lipinski definition) is 1. The molecule has 0 saturated carbocycles. The first-order valence-corrected chi connectivity index (χ1v) is 12.3. The highest BCUT2D eigenvalue weighted by Crippen LogP contribution is 2.32. The normalized spacial score (nSPS) is 16.2. The second-order valence-electron chi connectivity index (χ2n) is 8.53. The average molecular weight is 545 g/mol. The highest BCUT2D eigenvalue weighted by atomic mass is 35.5. The summed E-state index contributed by atoms with van der Waals surface area (Å²) in [6.07, 6.45) is 1.47. The first kappa shape index (κ1) is 23.9. The minimum atomic E-state index is -0.605. The standard InChI is InChI=1S/C28H17ClN2O6S/c29-18-3-5-19(6-4-18)31-27(34)20(26(33)30-28(31)38)12-15-1-7-21-17(11-15)14-24(37-21)25(32)16-2-8-22-23(13-16)36-10-9-35-22/h1-8,11-14H,9-10H2,(H,30,33,38). The molecule has 0 aliphatic carbocycles. The zero-order valence-electron chi connectivity index (χ0n) is 19.5. The van der Waals surface area contributed by atoms with Crippen molar-refractivity contribution in [2.24, 2.45) is 0 Å². The van der Waals surface area contributed by atoms with Crippen LogP contribution >= 0.6 is 23.8 Å². The summed E-state index contributed by atoms with van der Waals surface area (Å²) in [4.78, 5) is 40.2. The van der Waals surface area contributed by atoms with Gasteiger partial charge in [0.1, 0.15) is 24.4 Å². The summed E-state index contributed by atoms with van der Waals surface area (Å²) in [7, 11) is 0. The number of nitrogens with zero attached hydrogens (tertiary/aromatic N) is 1. The highest BCUT2D eigenvalue weighted by molar-refractivity contribution is 7.80. The van der Waals surface area contributed by atoms with Crippen LogP contribution < -0.4 is 19.7 Å². The third-order valence-corrected chi connectivity index (χ3v) is 6.60. The summed E-state index contributed by atoms with van der Waals surface area (Å²) >= 11 is 11.2. The van der Waals surface area contributed by atoms with Crippen molar-refractivity contribution in [2.75, 3.05) is 18.1 Å². The molecule has 1 aromatic heterocycles. The number of carbonyl (C=O) groups excluding carboxylic acids is 3. The maximum Gasteiger partial charge on any atom is 0.270 e. The van der Waals surface area contributed by atoms with E-state index in [0.29, 0.717) is 57.5 Å². The predicted octanol–water partition coefficient (Wildman–Crippen LogP) is 4.92. The average Bonchev–Trinajstić information content (AvgIpc) is 3.35. The van der Waals surface area contributed by atoms with E-state index in [2.05, 4.69) is 5.32 Å². The molecule has 1 fully saturated rings. The fourth-order valence-electron chi connectivity index (χ4n) is 4.24. The Balaban J connectivity index is 1.30. The van der Waals surface area contributed by atoms with Crippen molar-refractivity contribution in [2.45, 2.75) is 0 Å². The molecule has 2 amide bonds. The van der Waals surface area contributed by atoms with Crippen LogP contribution in [0.3, 0.4) is 0 Å². The maximum atomic E-state index is 13.2. The molecular weight excluding hydrogens is 528 g/mol. The van der Waals surface area contributed by atoms with E-state index in [4.69, 9.17) is 37.7 Å². The smallest absolute Gasteiger partial charge is 0.270 e. The molecule has 8 nitrogen and oxygen atoms in total. The number of ketones is 1. The Bertz CT molecular complexity index is 1690. The van der Waals surface area contributed by atoms with E-state index in [-0.39, 0.29) is 22.2 Å². The summed E-state index contributed by atoms with van der Waals surface area (Å²) in [5.74, 6) is -0.240. The molecule has 3 heterocycles. The van der Waals surface area contributed by atoms with Gasteiger partial charge in [-0.15, -0.1) is 0 Å². The third kappa shape index (κ3) is 4.31. The number of anilines is 1. The van der Waals surface area contributed by atoms with E-state index in [9.17, 15) is 14.4 Å². The van der Waals surface area contributed by atoms with Gasteiger partial charge in [-0.3, -0.25) is 24.6 Å². The number of furan rings is 1. The monoisotopic (exact) mass is 544 g/mol. The van der Waals surface area contributed by atoms with E-state index < -0.39 is 11.8 Å². The summed E-state index contributed by atoms with van der Waals surface area (Å²) < 4.78 is 16.9. The van der Waals surface area contributed by atoms with Gasteiger partial charge >= 0.3 is 0 Å². The number of amides is 2. The van der Waals surface area contributed by atoms with Crippen molar-refractivity contribution in [1.29, 1.82) is 0 Å². The van der Waals surface area contributed by atoms with Crippen LogP contribution in [0.25, 0.3) is 17.0 Å². The number of benzene rings is 3. The molecule has 38 heavy (non-hydrogen) atoms. The van der Waals surface area contributed by atoms with Gasteiger partial charge in [0.25, 0.3) is 11.8 Å². The van der Waals surface area contributed by atoms with Crippen LogP contribution in [0.15, 0.2) is 76.7 Å². The first-order chi connectivity index (χ1) is 18.4. The van der Waals surface area contributed by atoms with Crippen LogP contribution in [0.1, 0.15) is 21.7 Å². The van der Waals surface area contributed by atoms with E-state index in [1.807, 2.05) is 0 Å². The minimum absolute atomic E-state index is 0.0212. The van der Waals surface area contributed by atoms with Gasteiger partial charge < -0.3 is 13.9 Å². The van der Waals surface area contributed by atoms with E-state index in [1.165, 1.54) is 11.0 Å². The molecule has 188 valence electrons. The number of nitrogens with one attached hydrogen (secondary N) is 1. The van der Waals surface area contributed by atoms with Crippen molar-refractivity contribution in [3.05, 3.63) is 94.2 Å². The Kier molecular flexibility index (Phi) is 5.94. The van der Waals surface area contributed by atoms with Gasteiger partial charge in [0.05, 0.1) is 5.69 Å². The number of fused-ring (bicyclic) bond motifs is 2. The lowest BCUT2D eigenvalue weighted by molar-refractivity contribution is -0.122. The summed E-state index contributed by atoms with van der Waals surface area (Å²) in [5, 5.41) is 3.67. The highest BCUT2D eigenvalue weighted by Gasteiger charge is 2.34. The van der Waals surface area contributed by atoms with Crippen molar-refractivity contribution in [1.82, 2.24) is 5.32 Å². The topological polar surface area (TPSA) is 98.1 Å². The van der Waals surface area contributed by atoms with E-state index in [0.717, 1.165) is 0 Å². The van der Waals surface area contributed by atoms with Crippen LogP contribution in [-0.2, 0) is 9.59 Å². The van der Waals surface area contributed by atoms with Crippen LogP contribution in [0, 0.1) is 0 Å². The molecule has 3 aromatic carbocycles. The minimum Gasteiger partial charge on any atom is -0.486 e. The number of ether oxygens (including phenoxy) is 2. The van der Waals surface area contributed by atoms with Crippen LogP contribution in [-0.4, -0.2) is 35.9 Å². The predicted molar refractivity (Wildman–Crippen MR) is 145 cm³/mol. The molecule has 1 N–H and O–H groups in total. The molecule has 4 aromatic rings. The zero-order chi connectivity index (χ0) is 26.4. The third-order valence-electron chi connectivity index (χ3n) is 6.07. The maximum absolute atomic E-state index is 13.2. The lowest BCUT2D eigenvalue weighted by atomic mass is 10.0. The van der Waals surface area contributed by atoms with Gasteiger partial charge in [-0.05, 0) is 84.5 Å². The molecule has 10 heteroatoms. The lowest BCUT2D eigenvalue weighted by Crippen LogP contribution is -2.54. The largest absolute Gasteiger partial charge is 0.486 e. The fraction of sp³-hybridized carbons (Fsp3) is 0.0714. The Labute approximate surface area is 226 Å². The Morgan fingerprint density at radius 3 is 2.50 bits per heavy atom. The first-order valence-electron chi connectivity index (χ1n) is 11.5. The van der Waals surface area contributed by atoms with Crippen molar-refractivity contribution in [3.63, 3.8) is 0 Å². The van der Waals surface area contributed by atoms with Gasteiger partial charge in [0.15, 0.2) is 22.4 Å². The van der Waals surface area contributed by atoms with Gasteiger partial charge in [0.2, 0.25) is 5.78 Å². The van der Waals surface area contributed by atoms with Gasteiger partial charge in [-0.2, -0.15) is 0 Å². The zero-order valence-corrected chi connectivity index (χ0v) is 21.1. The molecule has 0 radical (unpaired) electrons. The van der Waals surface area contributed by atoms with Gasteiger partial charge in [-0.25, -0.2) is 0 Å².